The summed E-state index contributed by atoms with van der Waals surface area (Å²) in [4.78, 5) is 45.2. The molecule has 2 bridgehead atoms. The number of H-pyrrole nitrogens is 1. The molecule has 34 heavy (non-hydrogen) atoms. The van der Waals surface area contributed by atoms with Crippen LogP contribution in [0.3, 0.4) is 0 Å². The summed E-state index contributed by atoms with van der Waals surface area (Å²) >= 11 is 9.06. The van der Waals surface area contributed by atoms with Gasteiger partial charge in [0, 0.05) is 21.1 Å². The molecular weight excluding hydrogens is 488 g/mol. The molecule has 1 N–H and O–H groups in total. The van der Waals surface area contributed by atoms with Gasteiger partial charge >= 0.3 is 4.87 Å². The Morgan fingerprint density at radius 3 is 2.41 bits per heavy atom. The van der Waals surface area contributed by atoms with Crippen molar-refractivity contribution in [1.29, 1.82) is 0 Å². The molecule has 1 saturated heterocycles. The fourth-order valence-corrected chi connectivity index (χ4v) is 10.2. The maximum absolute atomic E-state index is 13.7. The molecule has 3 aromatic rings. The van der Waals surface area contributed by atoms with Crippen LogP contribution in [-0.2, 0) is 9.59 Å². The van der Waals surface area contributed by atoms with Crippen LogP contribution in [0, 0.1) is 36.5 Å². The van der Waals surface area contributed by atoms with E-state index < -0.39 is 0 Å². The standard InChI is InChI=1S/C26H21ClN2O3S2/c1-11-4-2-3-5-14(11)17-18-15-10-16(21(18)33-23-22(17)34-26(32)28-23)20-19(15)24(30)29(25(20)31)13-8-6-12(27)7-9-13/h2-9,15-21H,10H2,1H3,(H,28,32)/t15-,16+,17+,18-,19+,20+,21+/m0/s1. The SMILES string of the molecule is Cc1ccccc1[C@H]1c2sc(=O)[nH]c2S[C@@H]2[C@@H]3C[C@H]([C@H]4C(=O)N(c5ccc(Cl)cc5)C(=O)[C@H]34)[C@@H]12. The number of thioether (sulfide) groups is 1. The van der Waals surface area contributed by atoms with Crippen molar-refractivity contribution < 1.29 is 9.59 Å². The normalized spacial score (nSPS) is 33.2. The highest BCUT2D eigenvalue weighted by atomic mass is 35.5. The quantitative estimate of drug-likeness (QED) is 0.490. The third-order valence-electron chi connectivity index (χ3n) is 8.33. The second-order valence-electron chi connectivity index (χ2n) is 9.81. The minimum atomic E-state index is -0.293. The molecular formula is C26H21ClN2O3S2. The van der Waals surface area contributed by atoms with Crippen LogP contribution in [0.4, 0.5) is 5.69 Å². The van der Waals surface area contributed by atoms with Gasteiger partial charge in [-0.15, -0.1) is 11.8 Å². The highest BCUT2D eigenvalue weighted by molar-refractivity contribution is 8.00. The van der Waals surface area contributed by atoms with Crippen molar-refractivity contribution in [3.63, 3.8) is 0 Å². The van der Waals surface area contributed by atoms with Crippen LogP contribution in [0.25, 0.3) is 0 Å². The number of halogens is 1. The van der Waals surface area contributed by atoms with E-state index in [1.165, 1.54) is 27.4 Å². The van der Waals surface area contributed by atoms with Crippen molar-refractivity contribution in [2.45, 2.75) is 29.5 Å². The van der Waals surface area contributed by atoms with Crippen LogP contribution >= 0.6 is 34.7 Å². The van der Waals surface area contributed by atoms with Crippen LogP contribution in [0.1, 0.15) is 28.3 Å². The largest absolute Gasteiger partial charge is 0.307 e. The first kappa shape index (κ1) is 21.0. The molecule has 2 aliphatic heterocycles. The van der Waals surface area contributed by atoms with E-state index >= 15 is 0 Å². The van der Waals surface area contributed by atoms with Gasteiger partial charge in [-0.05, 0) is 66.5 Å². The summed E-state index contributed by atoms with van der Waals surface area (Å²) in [5.74, 6) is -0.207. The fraction of sp³-hybridized carbons (Fsp3) is 0.346. The second kappa shape index (κ2) is 7.33. The number of carbonyl (C=O) groups excluding carboxylic acids is 2. The first-order chi connectivity index (χ1) is 16.4. The van der Waals surface area contributed by atoms with Gasteiger partial charge in [0.2, 0.25) is 11.8 Å². The van der Waals surface area contributed by atoms with Gasteiger partial charge < -0.3 is 4.98 Å². The van der Waals surface area contributed by atoms with Crippen molar-refractivity contribution in [2.24, 2.45) is 29.6 Å². The molecule has 7 rings (SSSR count). The molecule has 2 amide bonds. The molecule has 8 heteroatoms. The maximum atomic E-state index is 13.7. The van der Waals surface area contributed by atoms with E-state index in [9.17, 15) is 14.4 Å². The summed E-state index contributed by atoms with van der Waals surface area (Å²) in [5, 5.41) is 1.72. The lowest BCUT2D eigenvalue weighted by Crippen LogP contribution is -2.42. The van der Waals surface area contributed by atoms with Gasteiger partial charge in [0.05, 0.1) is 22.5 Å². The van der Waals surface area contributed by atoms with Crippen molar-refractivity contribution in [1.82, 2.24) is 4.98 Å². The molecule has 5 nitrogen and oxygen atoms in total. The Morgan fingerprint density at radius 1 is 0.971 bits per heavy atom. The number of nitrogens with one attached hydrogen (secondary N) is 1. The number of rotatable bonds is 2. The first-order valence-electron chi connectivity index (χ1n) is 11.5. The lowest BCUT2D eigenvalue weighted by Gasteiger charge is -2.43. The van der Waals surface area contributed by atoms with Crippen LogP contribution in [0.15, 0.2) is 58.4 Å². The van der Waals surface area contributed by atoms with Gasteiger partial charge in [-0.1, -0.05) is 47.2 Å². The molecule has 3 heterocycles. The number of fused-ring (bicyclic) bond motifs is 9. The van der Waals surface area contributed by atoms with Gasteiger partial charge in [0.15, 0.2) is 0 Å². The Bertz CT molecular complexity index is 1410. The van der Waals surface area contributed by atoms with Gasteiger partial charge in [0.1, 0.15) is 0 Å². The van der Waals surface area contributed by atoms with Crippen molar-refractivity contribution in [3.05, 3.63) is 79.2 Å². The average Bonchev–Trinajstić information content (AvgIpc) is 3.54. The molecule has 2 aliphatic carbocycles. The molecule has 172 valence electrons. The zero-order valence-corrected chi connectivity index (χ0v) is 20.6. The number of benzene rings is 2. The Hall–Kier alpha value is -2.35. The number of amides is 2. The van der Waals surface area contributed by atoms with E-state index in [0.717, 1.165) is 16.3 Å². The Balaban J connectivity index is 1.34. The van der Waals surface area contributed by atoms with Gasteiger partial charge in [0.25, 0.3) is 0 Å². The maximum Gasteiger partial charge on any atom is 0.305 e. The molecule has 1 aromatic heterocycles. The number of aromatic amines is 1. The lowest BCUT2D eigenvalue weighted by molar-refractivity contribution is -0.123. The molecule has 2 saturated carbocycles. The van der Waals surface area contributed by atoms with Gasteiger partial charge in [-0.25, -0.2) is 0 Å². The molecule has 0 unspecified atom stereocenters. The Morgan fingerprint density at radius 2 is 1.68 bits per heavy atom. The summed E-state index contributed by atoms with van der Waals surface area (Å²) in [7, 11) is 0. The smallest absolute Gasteiger partial charge is 0.305 e. The van der Waals surface area contributed by atoms with Gasteiger partial charge in [-0.3, -0.25) is 19.3 Å². The zero-order valence-electron chi connectivity index (χ0n) is 18.2. The van der Waals surface area contributed by atoms with Crippen LogP contribution < -0.4 is 9.77 Å². The van der Waals surface area contributed by atoms with Crippen LogP contribution in [-0.4, -0.2) is 22.0 Å². The molecule has 4 aliphatic rings. The topological polar surface area (TPSA) is 70.2 Å². The van der Waals surface area contributed by atoms with E-state index in [4.69, 9.17) is 11.6 Å². The predicted molar refractivity (Wildman–Crippen MR) is 134 cm³/mol. The highest BCUT2D eigenvalue weighted by Crippen LogP contribution is 2.68. The molecule has 7 atom stereocenters. The van der Waals surface area contributed by atoms with Crippen molar-refractivity contribution in [3.8, 4) is 0 Å². The molecule has 3 fully saturated rings. The van der Waals surface area contributed by atoms with Crippen LogP contribution in [0.5, 0.6) is 0 Å². The number of aryl methyl sites for hydroxylation is 1. The molecule has 0 radical (unpaired) electrons. The monoisotopic (exact) mass is 508 g/mol. The van der Waals surface area contributed by atoms with Gasteiger partial charge in [-0.2, -0.15) is 0 Å². The third kappa shape index (κ3) is 2.72. The number of carbonyl (C=O) groups is 2. The van der Waals surface area contributed by atoms with E-state index in [0.29, 0.717) is 10.7 Å². The molecule has 0 spiro atoms. The van der Waals surface area contributed by atoms with E-state index in [1.54, 1.807) is 36.0 Å². The number of aromatic nitrogens is 1. The number of hydrogen-bond acceptors (Lipinski definition) is 5. The minimum Gasteiger partial charge on any atom is -0.307 e. The number of imide groups is 1. The summed E-state index contributed by atoms with van der Waals surface area (Å²) in [5.41, 5.74) is 3.02. The third-order valence-corrected chi connectivity index (χ3v) is 11.2. The number of hydrogen-bond donors (Lipinski definition) is 1. The summed E-state index contributed by atoms with van der Waals surface area (Å²) in [6.07, 6.45) is 0.894. The van der Waals surface area contributed by atoms with E-state index in [2.05, 4.69) is 30.1 Å². The lowest BCUT2D eigenvalue weighted by atomic mass is 9.67. The van der Waals surface area contributed by atoms with Crippen LogP contribution in [0.2, 0.25) is 5.02 Å². The second-order valence-corrected chi connectivity index (χ2v) is 12.4. The highest BCUT2D eigenvalue weighted by Gasteiger charge is 2.69. The van der Waals surface area contributed by atoms with Crippen molar-refractivity contribution >= 4 is 52.2 Å². The predicted octanol–water partition coefficient (Wildman–Crippen LogP) is 5.08. The zero-order chi connectivity index (χ0) is 23.3. The first-order valence-corrected chi connectivity index (χ1v) is 13.6. The number of thiazole rings is 1. The molecule has 2 aromatic carbocycles. The van der Waals surface area contributed by atoms with E-state index in [1.807, 2.05) is 6.07 Å². The summed E-state index contributed by atoms with van der Waals surface area (Å²) in [6, 6.07) is 15.3. The summed E-state index contributed by atoms with van der Waals surface area (Å²) < 4.78 is 0. The summed E-state index contributed by atoms with van der Waals surface area (Å²) in [6.45, 7) is 2.11. The Labute approximate surface area is 209 Å². The van der Waals surface area contributed by atoms with Crippen molar-refractivity contribution in [2.75, 3.05) is 4.90 Å². The fourth-order valence-electron chi connectivity index (χ4n) is 7.15. The average molecular weight is 509 g/mol. The Kier molecular flexibility index (Phi) is 4.52. The number of anilines is 1. The number of nitrogens with zero attached hydrogens (tertiary/aromatic N) is 1. The van der Waals surface area contributed by atoms with E-state index in [-0.39, 0.29) is 57.4 Å². The minimum absolute atomic E-state index is 0.0373.